The Morgan fingerprint density at radius 3 is 2.75 bits per heavy atom. The van der Waals surface area contributed by atoms with Gasteiger partial charge in [0.15, 0.2) is 0 Å². The van der Waals surface area contributed by atoms with E-state index in [1.54, 1.807) is 29.7 Å². The van der Waals surface area contributed by atoms with Gasteiger partial charge in [0.2, 0.25) is 5.91 Å². The maximum atomic E-state index is 12.4. The third-order valence-electron chi connectivity index (χ3n) is 4.58. The maximum Gasteiger partial charge on any atom is 0.345 e. The van der Waals surface area contributed by atoms with Gasteiger partial charge in [-0.2, -0.15) is 0 Å². The van der Waals surface area contributed by atoms with Gasteiger partial charge in [0, 0.05) is 34.1 Å². The molecule has 4 rings (SSSR count). The molecule has 0 radical (unpaired) electrons. The normalized spacial score (nSPS) is 16.6. The molecule has 1 atom stereocenters. The molecule has 28 heavy (non-hydrogen) atoms. The van der Waals surface area contributed by atoms with Crippen LogP contribution in [0.1, 0.15) is 27.4 Å². The molecule has 8 heteroatoms. The van der Waals surface area contributed by atoms with Crippen molar-refractivity contribution < 1.29 is 19.4 Å². The minimum absolute atomic E-state index is 0.0166. The standard InChI is InChI=1S/C20H18N2O4S2/c23-18-8-5-15(11-26-12-16-6-7-17(28-16)20(24)25)22(18)14-3-1-13(2-4-14)19-21-9-10-27-19/h1-4,6-7,9-10,15H,5,8,11-12H2,(H,24,25)/t15-/m1/s1. The first kappa shape index (κ1) is 18.8. The zero-order valence-corrected chi connectivity index (χ0v) is 16.5. The first-order valence-corrected chi connectivity index (χ1v) is 10.5. The van der Waals surface area contributed by atoms with Crippen molar-refractivity contribution in [3.8, 4) is 10.6 Å². The summed E-state index contributed by atoms with van der Waals surface area (Å²) in [5.41, 5.74) is 1.89. The first-order chi connectivity index (χ1) is 13.6. The molecule has 0 unspecified atom stereocenters. The molecule has 0 bridgehead atoms. The van der Waals surface area contributed by atoms with Crippen molar-refractivity contribution in [2.45, 2.75) is 25.5 Å². The average Bonchev–Trinajstić information content (AvgIpc) is 3.43. The van der Waals surface area contributed by atoms with Crippen molar-refractivity contribution in [2.24, 2.45) is 0 Å². The number of thiazole rings is 1. The van der Waals surface area contributed by atoms with Gasteiger partial charge in [-0.15, -0.1) is 22.7 Å². The van der Waals surface area contributed by atoms with Gasteiger partial charge in [-0.1, -0.05) is 0 Å². The SMILES string of the molecule is O=C(O)c1ccc(COC[C@H]2CCC(=O)N2c2ccc(-c3nccs3)cc2)s1. The van der Waals surface area contributed by atoms with E-state index in [9.17, 15) is 9.59 Å². The number of thiophene rings is 1. The topological polar surface area (TPSA) is 79.7 Å². The highest BCUT2D eigenvalue weighted by atomic mass is 32.1. The maximum absolute atomic E-state index is 12.4. The molecule has 1 aliphatic heterocycles. The summed E-state index contributed by atoms with van der Waals surface area (Å²) in [5.74, 6) is -0.829. The van der Waals surface area contributed by atoms with Crippen LogP contribution in [0.4, 0.5) is 5.69 Å². The second-order valence-electron chi connectivity index (χ2n) is 6.43. The van der Waals surface area contributed by atoms with E-state index in [0.29, 0.717) is 24.5 Å². The smallest absolute Gasteiger partial charge is 0.345 e. The molecule has 2 aromatic heterocycles. The number of aromatic nitrogens is 1. The predicted octanol–water partition coefficient (Wildman–Crippen LogP) is 4.28. The third kappa shape index (κ3) is 3.99. The lowest BCUT2D eigenvalue weighted by molar-refractivity contribution is -0.117. The zero-order valence-electron chi connectivity index (χ0n) is 14.9. The van der Waals surface area contributed by atoms with Crippen LogP contribution in [0.3, 0.4) is 0 Å². The molecule has 1 N–H and O–H groups in total. The van der Waals surface area contributed by atoms with Crippen molar-refractivity contribution in [3.05, 3.63) is 57.7 Å². The number of carbonyl (C=O) groups is 2. The van der Waals surface area contributed by atoms with E-state index in [1.807, 2.05) is 34.5 Å². The minimum atomic E-state index is -0.926. The fourth-order valence-corrected chi connectivity index (χ4v) is 4.68. The molecular weight excluding hydrogens is 396 g/mol. The Morgan fingerprint density at radius 2 is 2.07 bits per heavy atom. The molecule has 0 aliphatic carbocycles. The van der Waals surface area contributed by atoms with Gasteiger partial charge in [0.25, 0.3) is 0 Å². The Morgan fingerprint density at radius 1 is 1.25 bits per heavy atom. The highest BCUT2D eigenvalue weighted by Crippen LogP contribution is 2.30. The largest absolute Gasteiger partial charge is 0.477 e. The summed E-state index contributed by atoms with van der Waals surface area (Å²) in [6.07, 6.45) is 3.03. The highest BCUT2D eigenvalue weighted by molar-refractivity contribution is 7.14. The molecule has 3 aromatic rings. The molecular formula is C20H18N2O4S2. The van der Waals surface area contributed by atoms with Crippen LogP contribution in [0.2, 0.25) is 0 Å². The monoisotopic (exact) mass is 414 g/mol. The molecule has 1 amide bonds. The molecule has 1 fully saturated rings. The molecule has 1 aliphatic rings. The molecule has 6 nitrogen and oxygen atoms in total. The Bertz CT molecular complexity index is 967. The lowest BCUT2D eigenvalue weighted by Crippen LogP contribution is -2.36. The summed E-state index contributed by atoms with van der Waals surface area (Å²) in [6.45, 7) is 0.764. The van der Waals surface area contributed by atoms with Gasteiger partial charge in [-0.05, 0) is 42.8 Å². The number of carboxylic acid groups (broad SMARTS) is 1. The number of carboxylic acids is 1. The van der Waals surface area contributed by atoms with Gasteiger partial charge in [-0.3, -0.25) is 4.79 Å². The van der Waals surface area contributed by atoms with Gasteiger partial charge in [0.1, 0.15) is 9.88 Å². The van der Waals surface area contributed by atoms with Crippen molar-refractivity contribution >= 4 is 40.2 Å². The average molecular weight is 415 g/mol. The molecule has 0 saturated carbocycles. The summed E-state index contributed by atoms with van der Waals surface area (Å²) in [7, 11) is 0. The van der Waals surface area contributed by atoms with Crippen molar-refractivity contribution in [2.75, 3.05) is 11.5 Å². The number of amides is 1. The van der Waals surface area contributed by atoms with E-state index >= 15 is 0 Å². The number of nitrogens with zero attached hydrogens (tertiary/aromatic N) is 2. The fraction of sp³-hybridized carbons (Fsp3) is 0.250. The van der Waals surface area contributed by atoms with Gasteiger partial charge in [0.05, 0.1) is 19.3 Å². The number of hydrogen-bond donors (Lipinski definition) is 1. The van der Waals surface area contributed by atoms with Crippen molar-refractivity contribution in [1.29, 1.82) is 0 Å². The van der Waals surface area contributed by atoms with Crippen LogP contribution in [0, 0.1) is 0 Å². The van der Waals surface area contributed by atoms with E-state index in [1.165, 1.54) is 11.3 Å². The van der Waals surface area contributed by atoms with Crippen LogP contribution >= 0.6 is 22.7 Å². The summed E-state index contributed by atoms with van der Waals surface area (Å²) in [6, 6.07) is 11.2. The Hall–Kier alpha value is -2.55. The van der Waals surface area contributed by atoms with Crippen LogP contribution in [0.15, 0.2) is 48.0 Å². The van der Waals surface area contributed by atoms with Crippen LogP contribution in [-0.4, -0.2) is 34.6 Å². The number of aromatic carboxylic acids is 1. The Labute approximate surface area is 170 Å². The molecule has 0 spiro atoms. The van der Waals surface area contributed by atoms with Gasteiger partial charge < -0.3 is 14.7 Å². The summed E-state index contributed by atoms with van der Waals surface area (Å²) >= 11 is 2.79. The quantitative estimate of drug-likeness (QED) is 0.624. The third-order valence-corrected chi connectivity index (χ3v) is 6.45. The second-order valence-corrected chi connectivity index (χ2v) is 8.49. The van der Waals surface area contributed by atoms with Crippen LogP contribution < -0.4 is 4.90 Å². The van der Waals surface area contributed by atoms with Crippen LogP contribution in [0.25, 0.3) is 10.6 Å². The number of carbonyl (C=O) groups excluding carboxylic acids is 1. The van der Waals surface area contributed by atoms with Crippen molar-refractivity contribution in [3.63, 3.8) is 0 Å². The van der Waals surface area contributed by atoms with E-state index in [0.717, 1.165) is 27.6 Å². The molecule has 1 saturated heterocycles. The Balaban J connectivity index is 1.39. The lowest BCUT2D eigenvalue weighted by Gasteiger charge is -2.25. The van der Waals surface area contributed by atoms with Gasteiger partial charge >= 0.3 is 5.97 Å². The van der Waals surface area contributed by atoms with E-state index in [-0.39, 0.29) is 11.9 Å². The number of anilines is 1. The second kappa shape index (κ2) is 8.22. The van der Waals surface area contributed by atoms with Crippen LogP contribution in [0.5, 0.6) is 0 Å². The van der Waals surface area contributed by atoms with Crippen molar-refractivity contribution in [1.82, 2.24) is 4.98 Å². The lowest BCUT2D eigenvalue weighted by atomic mass is 10.2. The van der Waals surface area contributed by atoms with E-state index < -0.39 is 5.97 Å². The number of ether oxygens (including phenoxy) is 1. The fourth-order valence-electron chi connectivity index (χ4n) is 3.25. The van der Waals surface area contributed by atoms with Crippen LogP contribution in [-0.2, 0) is 16.1 Å². The highest BCUT2D eigenvalue weighted by Gasteiger charge is 2.32. The predicted molar refractivity (Wildman–Crippen MR) is 109 cm³/mol. The summed E-state index contributed by atoms with van der Waals surface area (Å²) < 4.78 is 5.79. The zero-order chi connectivity index (χ0) is 19.5. The molecule has 1 aromatic carbocycles. The number of rotatable bonds is 7. The summed E-state index contributed by atoms with van der Waals surface area (Å²) in [5, 5.41) is 11.9. The number of hydrogen-bond acceptors (Lipinski definition) is 6. The first-order valence-electron chi connectivity index (χ1n) is 8.83. The Kier molecular flexibility index (Phi) is 5.52. The van der Waals surface area contributed by atoms with E-state index in [4.69, 9.17) is 9.84 Å². The minimum Gasteiger partial charge on any atom is -0.477 e. The summed E-state index contributed by atoms with van der Waals surface area (Å²) in [4.78, 5) is 30.6. The number of benzene rings is 1. The molecule has 3 heterocycles. The molecule has 144 valence electrons. The van der Waals surface area contributed by atoms with Gasteiger partial charge in [-0.25, -0.2) is 9.78 Å². The van der Waals surface area contributed by atoms with E-state index in [2.05, 4.69) is 4.98 Å².